The molecule has 0 aromatic heterocycles. The predicted molar refractivity (Wildman–Crippen MR) is 60.1 cm³/mol. The van der Waals surface area contributed by atoms with E-state index in [0.29, 0.717) is 12.0 Å². The number of hydrogen-bond donors (Lipinski definition) is 1. The smallest absolute Gasteiger partial charge is 0.126 e. The van der Waals surface area contributed by atoms with Crippen molar-refractivity contribution in [2.45, 2.75) is 19.4 Å². The lowest BCUT2D eigenvalue weighted by atomic mass is 10.0. The van der Waals surface area contributed by atoms with Crippen LogP contribution in [0.4, 0.5) is 4.39 Å². The molecule has 0 radical (unpaired) electrons. The van der Waals surface area contributed by atoms with E-state index in [-0.39, 0.29) is 24.3 Å². The van der Waals surface area contributed by atoms with Gasteiger partial charge in [-0.1, -0.05) is 18.2 Å². The summed E-state index contributed by atoms with van der Waals surface area (Å²) in [7, 11) is 0. The van der Waals surface area contributed by atoms with Crippen LogP contribution in [0.15, 0.2) is 30.9 Å². The average Bonchev–Trinajstić information content (AvgIpc) is 2.10. The van der Waals surface area contributed by atoms with Crippen LogP contribution in [-0.4, -0.2) is 0 Å². The van der Waals surface area contributed by atoms with E-state index in [1.54, 1.807) is 19.1 Å². The van der Waals surface area contributed by atoms with E-state index in [9.17, 15) is 4.39 Å². The highest BCUT2D eigenvalue weighted by Crippen LogP contribution is 2.17. The molecule has 0 heterocycles. The molecular weight excluding hydrogens is 201 g/mol. The summed E-state index contributed by atoms with van der Waals surface area (Å²) in [5.74, 6) is -0.197. The highest BCUT2D eigenvalue weighted by molar-refractivity contribution is 5.85. The van der Waals surface area contributed by atoms with Gasteiger partial charge in [-0.25, -0.2) is 4.39 Å². The van der Waals surface area contributed by atoms with Crippen LogP contribution < -0.4 is 5.73 Å². The lowest BCUT2D eigenvalue weighted by molar-refractivity contribution is 0.611. The molecule has 0 unspecified atom stereocenters. The molecule has 78 valence electrons. The highest BCUT2D eigenvalue weighted by atomic mass is 35.5. The minimum atomic E-state index is -0.197. The first kappa shape index (κ1) is 13.1. The summed E-state index contributed by atoms with van der Waals surface area (Å²) < 4.78 is 13.1. The van der Waals surface area contributed by atoms with E-state index in [4.69, 9.17) is 5.73 Å². The molecule has 1 rings (SSSR count). The van der Waals surface area contributed by atoms with Crippen LogP contribution in [0.5, 0.6) is 0 Å². The van der Waals surface area contributed by atoms with Gasteiger partial charge in [0.15, 0.2) is 0 Å². The fraction of sp³-hybridized carbons (Fsp3) is 0.273. The average molecular weight is 216 g/mol. The predicted octanol–water partition coefficient (Wildman–Crippen LogP) is 3.13. The molecule has 0 aliphatic rings. The molecule has 1 atom stereocenters. The molecule has 0 fully saturated rings. The second kappa shape index (κ2) is 5.78. The van der Waals surface area contributed by atoms with E-state index < -0.39 is 0 Å². The van der Waals surface area contributed by atoms with Crippen molar-refractivity contribution in [1.82, 2.24) is 0 Å². The first-order valence-electron chi connectivity index (χ1n) is 4.27. The zero-order chi connectivity index (χ0) is 9.84. The molecular formula is C11H15ClFN. The standard InChI is InChI=1S/C11H14FN.ClH/c1-3-4-11(13)9-6-5-8(2)10(12)7-9;/h3,5-7,11H,1,4,13H2,2H3;1H/t11-;/m0./s1. The van der Waals surface area contributed by atoms with Crippen LogP contribution in [0.25, 0.3) is 0 Å². The Bertz CT molecular complexity index is 312. The molecule has 0 amide bonds. The van der Waals surface area contributed by atoms with Gasteiger partial charge in [-0.2, -0.15) is 0 Å². The summed E-state index contributed by atoms with van der Waals surface area (Å²) in [5, 5.41) is 0. The SMILES string of the molecule is C=CC[C@H](N)c1ccc(C)c(F)c1.Cl. The fourth-order valence-electron chi connectivity index (χ4n) is 1.16. The Kier molecular flexibility index (Phi) is 5.43. The summed E-state index contributed by atoms with van der Waals surface area (Å²) in [6, 6.07) is 4.94. The number of nitrogens with two attached hydrogens (primary N) is 1. The fourth-order valence-corrected chi connectivity index (χ4v) is 1.16. The zero-order valence-electron chi connectivity index (χ0n) is 8.16. The normalized spacial score (nSPS) is 11.6. The van der Waals surface area contributed by atoms with Gasteiger partial charge in [-0.3, -0.25) is 0 Å². The van der Waals surface area contributed by atoms with Gasteiger partial charge in [-0.15, -0.1) is 19.0 Å². The minimum absolute atomic E-state index is 0. The maximum Gasteiger partial charge on any atom is 0.126 e. The van der Waals surface area contributed by atoms with Gasteiger partial charge in [0, 0.05) is 6.04 Å². The van der Waals surface area contributed by atoms with Crippen LogP contribution in [0.3, 0.4) is 0 Å². The molecule has 2 N–H and O–H groups in total. The maximum atomic E-state index is 13.1. The van der Waals surface area contributed by atoms with Crippen LogP contribution >= 0.6 is 12.4 Å². The zero-order valence-corrected chi connectivity index (χ0v) is 8.98. The molecule has 0 saturated heterocycles. The number of halogens is 2. The Hall–Kier alpha value is -0.860. The molecule has 0 bridgehead atoms. The van der Waals surface area contributed by atoms with Gasteiger partial charge in [-0.05, 0) is 30.5 Å². The van der Waals surface area contributed by atoms with E-state index in [1.165, 1.54) is 6.07 Å². The Labute approximate surface area is 90.2 Å². The molecule has 1 aromatic carbocycles. The van der Waals surface area contributed by atoms with Gasteiger partial charge < -0.3 is 5.73 Å². The van der Waals surface area contributed by atoms with E-state index in [2.05, 4.69) is 6.58 Å². The Morgan fingerprint density at radius 3 is 2.71 bits per heavy atom. The summed E-state index contributed by atoms with van der Waals surface area (Å²) in [4.78, 5) is 0. The van der Waals surface area contributed by atoms with Crippen molar-refractivity contribution in [1.29, 1.82) is 0 Å². The Morgan fingerprint density at radius 1 is 1.57 bits per heavy atom. The summed E-state index contributed by atoms with van der Waals surface area (Å²) >= 11 is 0. The van der Waals surface area contributed by atoms with Gasteiger partial charge >= 0.3 is 0 Å². The van der Waals surface area contributed by atoms with Crippen LogP contribution in [0.1, 0.15) is 23.6 Å². The van der Waals surface area contributed by atoms with Crippen molar-refractivity contribution in [3.8, 4) is 0 Å². The third kappa shape index (κ3) is 3.13. The van der Waals surface area contributed by atoms with Crippen LogP contribution in [0.2, 0.25) is 0 Å². The molecule has 0 spiro atoms. The van der Waals surface area contributed by atoms with Gasteiger partial charge in [0.25, 0.3) is 0 Å². The molecule has 0 aliphatic heterocycles. The van der Waals surface area contributed by atoms with Crippen LogP contribution in [0, 0.1) is 12.7 Å². The van der Waals surface area contributed by atoms with E-state index >= 15 is 0 Å². The molecule has 3 heteroatoms. The van der Waals surface area contributed by atoms with Crippen molar-refractivity contribution in [3.63, 3.8) is 0 Å². The summed E-state index contributed by atoms with van der Waals surface area (Å²) in [6.07, 6.45) is 2.41. The monoisotopic (exact) mass is 215 g/mol. The summed E-state index contributed by atoms with van der Waals surface area (Å²) in [6.45, 7) is 5.33. The third-order valence-corrected chi connectivity index (χ3v) is 2.04. The quantitative estimate of drug-likeness (QED) is 0.771. The van der Waals surface area contributed by atoms with Crippen molar-refractivity contribution in [3.05, 3.63) is 47.8 Å². The first-order chi connectivity index (χ1) is 6.15. The minimum Gasteiger partial charge on any atom is -0.324 e. The number of rotatable bonds is 3. The Morgan fingerprint density at radius 2 is 2.21 bits per heavy atom. The van der Waals surface area contributed by atoms with Crippen molar-refractivity contribution in [2.24, 2.45) is 5.73 Å². The van der Waals surface area contributed by atoms with Gasteiger partial charge in [0.05, 0.1) is 0 Å². The van der Waals surface area contributed by atoms with Crippen LogP contribution in [-0.2, 0) is 0 Å². The second-order valence-electron chi connectivity index (χ2n) is 3.14. The number of benzene rings is 1. The van der Waals surface area contributed by atoms with Crippen molar-refractivity contribution in [2.75, 3.05) is 0 Å². The van der Waals surface area contributed by atoms with Crippen molar-refractivity contribution >= 4 is 12.4 Å². The van der Waals surface area contributed by atoms with Gasteiger partial charge in [0.1, 0.15) is 5.82 Å². The second-order valence-corrected chi connectivity index (χ2v) is 3.14. The third-order valence-electron chi connectivity index (χ3n) is 2.04. The topological polar surface area (TPSA) is 26.0 Å². The largest absolute Gasteiger partial charge is 0.324 e. The van der Waals surface area contributed by atoms with E-state index in [1.807, 2.05) is 6.07 Å². The molecule has 14 heavy (non-hydrogen) atoms. The van der Waals surface area contributed by atoms with Crippen molar-refractivity contribution < 1.29 is 4.39 Å². The highest BCUT2D eigenvalue weighted by Gasteiger charge is 2.05. The number of hydrogen-bond acceptors (Lipinski definition) is 1. The number of aryl methyl sites for hydroxylation is 1. The lowest BCUT2D eigenvalue weighted by Gasteiger charge is -2.09. The Balaban J connectivity index is 0.00000169. The molecule has 0 saturated carbocycles. The molecule has 1 nitrogen and oxygen atoms in total. The summed E-state index contributed by atoms with van der Waals surface area (Å²) in [5.41, 5.74) is 7.26. The molecule has 1 aromatic rings. The van der Waals surface area contributed by atoms with E-state index in [0.717, 1.165) is 5.56 Å². The van der Waals surface area contributed by atoms with Gasteiger partial charge in [0.2, 0.25) is 0 Å². The lowest BCUT2D eigenvalue weighted by Crippen LogP contribution is -2.09. The molecule has 0 aliphatic carbocycles. The first-order valence-corrected chi connectivity index (χ1v) is 4.27. The maximum absolute atomic E-state index is 13.1.